The maximum Gasteiger partial charge on any atom is 0.222 e. The fraction of sp³-hybridized carbons (Fsp3) is 0.632. The van der Waals surface area contributed by atoms with Gasteiger partial charge in [-0.1, -0.05) is 13.8 Å². The van der Waals surface area contributed by atoms with Crippen LogP contribution in [0.1, 0.15) is 39.5 Å². The van der Waals surface area contributed by atoms with Crippen molar-refractivity contribution in [1.29, 1.82) is 0 Å². The van der Waals surface area contributed by atoms with Crippen molar-refractivity contribution in [3.63, 3.8) is 0 Å². The molecule has 0 atom stereocenters. The smallest absolute Gasteiger partial charge is 0.222 e. The van der Waals surface area contributed by atoms with Crippen LogP contribution in [0.15, 0.2) is 24.3 Å². The molecule has 23 heavy (non-hydrogen) atoms. The molecule has 0 saturated carbocycles. The summed E-state index contributed by atoms with van der Waals surface area (Å²) in [5.41, 5.74) is 1.23. The van der Waals surface area contributed by atoms with Crippen LogP contribution in [-0.2, 0) is 4.79 Å². The lowest BCUT2D eigenvalue weighted by molar-refractivity contribution is -0.132. The van der Waals surface area contributed by atoms with Crippen molar-refractivity contribution in [3.8, 4) is 5.75 Å². The van der Waals surface area contributed by atoms with E-state index in [4.69, 9.17) is 4.74 Å². The Morgan fingerprint density at radius 2 is 1.87 bits per heavy atom. The molecular formula is C19H30N2O2. The monoisotopic (exact) mass is 318 g/mol. The third-order valence-electron chi connectivity index (χ3n) is 4.78. The van der Waals surface area contributed by atoms with Crippen LogP contribution in [-0.4, -0.2) is 44.1 Å². The minimum absolute atomic E-state index is 0.293. The zero-order valence-corrected chi connectivity index (χ0v) is 14.9. The quantitative estimate of drug-likeness (QED) is 0.804. The summed E-state index contributed by atoms with van der Waals surface area (Å²) >= 11 is 0. The number of hydrogen-bond acceptors (Lipinski definition) is 3. The molecule has 0 bridgehead atoms. The molecule has 4 nitrogen and oxygen atoms in total. The number of amides is 1. The number of carbonyl (C=O) groups is 1. The second-order valence-corrected chi connectivity index (χ2v) is 6.85. The van der Waals surface area contributed by atoms with Crippen LogP contribution >= 0.6 is 0 Å². The van der Waals surface area contributed by atoms with Gasteiger partial charge in [0.1, 0.15) is 5.75 Å². The molecule has 1 aliphatic heterocycles. The molecule has 1 saturated heterocycles. The van der Waals surface area contributed by atoms with E-state index in [9.17, 15) is 4.79 Å². The maximum absolute atomic E-state index is 12.3. The Balaban J connectivity index is 1.83. The number of benzene rings is 1. The summed E-state index contributed by atoms with van der Waals surface area (Å²) in [5.74, 6) is 1.77. The van der Waals surface area contributed by atoms with Gasteiger partial charge in [-0.2, -0.15) is 0 Å². The first-order chi connectivity index (χ1) is 11.0. The molecule has 1 aliphatic rings. The van der Waals surface area contributed by atoms with Gasteiger partial charge in [0.25, 0.3) is 0 Å². The molecule has 0 aliphatic carbocycles. The Morgan fingerprint density at radius 3 is 2.39 bits per heavy atom. The predicted octanol–water partition coefficient (Wildman–Crippen LogP) is 3.56. The summed E-state index contributed by atoms with van der Waals surface area (Å²) < 4.78 is 5.21. The molecule has 0 radical (unpaired) electrons. The highest BCUT2D eigenvalue weighted by Gasteiger charge is 2.25. The van der Waals surface area contributed by atoms with Crippen molar-refractivity contribution in [3.05, 3.63) is 24.3 Å². The topological polar surface area (TPSA) is 32.8 Å². The van der Waals surface area contributed by atoms with Gasteiger partial charge in [-0.25, -0.2) is 0 Å². The third kappa shape index (κ3) is 4.88. The molecule has 1 heterocycles. The molecule has 1 aromatic rings. The summed E-state index contributed by atoms with van der Waals surface area (Å²) in [6, 6.07) is 8.60. The summed E-state index contributed by atoms with van der Waals surface area (Å²) in [5, 5.41) is 0. The van der Waals surface area contributed by atoms with Crippen molar-refractivity contribution >= 4 is 11.6 Å². The average Bonchev–Trinajstić information content (AvgIpc) is 2.59. The fourth-order valence-corrected chi connectivity index (χ4v) is 3.10. The first-order valence-electron chi connectivity index (χ1n) is 8.66. The minimum atomic E-state index is 0.293. The van der Waals surface area contributed by atoms with Gasteiger partial charge >= 0.3 is 0 Å². The van der Waals surface area contributed by atoms with Crippen LogP contribution in [0.4, 0.5) is 5.69 Å². The van der Waals surface area contributed by atoms with E-state index < -0.39 is 0 Å². The molecule has 0 N–H and O–H groups in total. The molecule has 0 unspecified atom stereocenters. The van der Waals surface area contributed by atoms with Gasteiger partial charge in [0, 0.05) is 38.3 Å². The normalized spacial score (nSPS) is 15.8. The number of anilines is 1. The highest BCUT2D eigenvalue weighted by molar-refractivity contribution is 5.76. The Labute approximate surface area is 140 Å². The van der Waals surface area contributed by atoms with Crippen LogP contribution in [0.2, 0.25) is 0 Å². The fourth-order valence-electron chi connectivity index (χ4n) is 3.10. The molecular weight excluding hydrogens is 288 g/mol. The second kappa shape index (κ2) is 8.23. The molecule has 0 aromatic heterocycles. The van der Waals surface area contributed by atoms with Gasteiger partial charge < -0.3 is 14.5 Å². The Bertz CT molecular complexity index is 491. The van der Waals surface area contributed by atoms with Crippen molar-refractivity contribution in [2.75, 3.05) is 32.1 Å². The van der Waals surface area contributed by atoms with E-state index in [1.807, 2.05) is 24.1 Å². The van der Waals surface area contributed by atoms with E-state index in [1.165, 1.54) is 5.69 Å². The zero-order valence-electron chi connectivity index (χ0n) is 14.9. The van der Waals surface area contributed by atoms with E-state index in [2.05, 4.69) is 30.9 Å². The van der Waals surface area contributed by atoms with Crippen molar-refractivity contribution < 1.29 is 9.53 Å². The molecule has 128 valence electrons. The number of nitrogens with zero attached hydrogens (tertiary/aromatic N) is 2. The Morgan fingerprint density at radius 1 is 1.26 bits per heavy atom. The third-order valence-corrected chi connectivity index (χ3v) is 4.78. The minimum Gasteiger partial charge on any atom is -0.497 e. The summed E-state index contributed by atoms with van der Waals surface area (Å²) in [6.45, 7) is 6.33. The average molecular weight is 318 g/mol. The maximum atomic E-state index is 12.3. The number of rotatable bonds is 6. The standard InChI is InChI=1S/C19H30N2O2/c1-15(2)5-10-19(22)20(3)16-11-13-21(14-12-16)17-6-8-18(23-4)9-7-17/h6-9,15-16H,5,10-14H2,1-4H3. The Hall–Kier alpha value is -1.71. The first-order valence-corrected chi connectivity index (χ1v) is 8.66. The van der Waals surface area contributed by atoms with Crippen molar-refractivity contribution in [2.24, 2.45) is 5.92 Å². The van der Waals surface area contributed by atoms with E-state index in [-0.39, 0.29) is 0 Å². The lowest BCUT2D eigenvalue weighted by Crippen LogP contribution is -2.45. The number of methoxy groups -OCH3 is 1. The van der Waals surface area contributed by atoms with Gasteiger partial charge in [-0.15, -0.1) is 0 Å². The first kappa shape index (κ1) is 17.6. The van der Waals surface area contributed by atoms with Crippen LogP contribution in [0.5, 0.6) is 5.75 Å². The van der Waals surface area contributed by atoms with Crippen LogP contribution in [0.25, 0.3) is 0 Å². The Kier molecular flexibility index (Phi) is 6.31. The predicted molar refractivity (Wildman–Crippen MR) is 95.1 cm³/mol. The second-order valence-electron chi connectivity index (χ2n) is 6.85. The van der Waals surface area contributed by atoms with Crippen LogP contribution in [0, 0.1) is 5.92 Å². The van der Waals surface area contributed by atoms with Crippen LogP contribution in [0.3, 0.4) is 0 Å². The molecule has 2 rings (SSSR count). The highest BCUT2D eigenvalue weighted by atomic mass is 16.5. The van der Waals surface area contributed by atoms with E-state index in [0.717, 1.165) is 38.1 Å². The summed E-state index contributed by atoms with van der Waals surface area (Å²) in [4.78, 5) is 16.6. The van der Waals surface area contributed by atoms with Gasteiger partial charge in [0.05, 0.1) is 7.11 Å². The largest absolute Gasteiger partial charge is 0.497 e. The lowest BCUT2D eigenvalue weighted by atomic mass is 10.0. The van der Waals surface area contributed by atoms with Crippen molar-refractivity contribution in [2.45, 2.75) is 45.6 Å². The number of ether oxygens (including phenoxy) is 1. The highest BCUT2D eigenvalue weighted by Crippen LogP contribution is 2.24. The zero-order chi connectivity index (χ0) is 16.8. The molecule has 1 aromatic carbocycles. The molecule has 1 amide bonds. The van der Waals surface area contributed by atoms with Crippen LogP contribution < -0.4 is 9.64 Å². The van der Waals surface area contributed by atoms with Gasteiger partial charge in [0.15, 0.2) is 0 Å². The van der Waals surface area contributed by atoms with Gasteiger partial charge in [-0.05, 0) is 49.4 Å². The van der Waals surface area contributed by atoms with Gasteiger partial charge in [-0.3, -0.25) is 4.79 Å². The summed E-state index contributed by atoms with van der Waals surface area (Å²) in [6.07, 6.45) is 3.73. The number of carbonyl (C=O) groups excluding carboxylic acids is 1. The SMILES string of the molecule is COc1ccc(N2CCC(N(C)C(=O)CCC(C)C)CC2)cc1. The van der Waals surface area contributed by atoms with E-state index >= 15 is 0 Å². The molecule has 4 heteroatoms. The van der Waals surface area contributed by atoms with E-state index in [1.54, 1.807) is 7.11 Å². The summed E-state index contributed by atoms with van der Waals surface area (Å²) in [7, 11) is 3.66. The van der Waals surface area contributed by atoms with Gasteiger partial charge in [0.2, 0.25) is 5.91 Å². The lowest BCUT2D eigenvalue weighted by Gasteiger charge is -2.38. The molecule has 1 fully saturated rings. The van der Waals surface area contributed by atoms with E-state index in [0.29, 0.717) is 24.3 Å². The molecule has 0 spiro atoms. The van der Waals surface area contributed by atoms with Crippen molar-refractivity contribution in [1.82, 2.24) is 4.90 Å². The number of hydrogen-bond donors (Lipinski definition) is 0. The number of piperidine rings is 1.